The number of rotatable bonds is 0. The predicted molar refractivity (Wildman–Crippen MR) is 30.0 cm³/mol. The van der Waals surface area contributed by atoms with Crippen molar-refractivity contribution in [3.63, 3.8) is 0 Å². The Morgan fingerprint density at radius 1 is 1.45 bits per heavy atom. The van der Waals surface area contributed by atoms with Gasteiger partial charge in [0.05, 0.1) is 5.69 Å². The van der Waals surface area contributed by atoms with E-state index in [1.807, 2.05) is 5.10 Å². The van der Waals surface area contributed by atoms with Crippen LogP contribution >= 0.6 is 0 Å². The Morgan fingerprint density at radius 3 is 2.18 bits per heavy atom. The first-order valence-electron chi connectivity index (χ1n) is 2.74. The summed E-state index contributed by atoms with van der Waals surface area (Å²) in [5.41, 5.74) is -1.26. The Kier molecular flexibility index (Phi) is 1.54. The summed E-state index contributed by atoms with van der Waals surface area (Å²) in [5.74, 6) is -0.836. The maximum absolute atomic E-state index is 11.8. The molecule has 0 bridgehead atoms. The number of aromatic hydroxyl groups is 1. The van der Waals surface area contributed by atoms with E-state index in [0.717, 1.165) is 0 Å². The van der Waals surface area contributed by atoms with Crippen molar-refractivity contribution in [2.45, 2.75) is 13.1 Å². The third kappa shape index (κ3) is 1.28. The maximum Gasteiger partial charge on any atom is 0.438 e. The van der Waals surface area contributed by atoms with Gasteiger partial charge in [0.1, 0.15) is 0 Å². The fourth-order valence-electron chi connectivity index (χ4n) is 0.621. The lowest BCUT2D eigenvalue weighted by Crippen LogP contribution is -2.05. The molecule has 0 aliphatic rings. The molecule has 0 amide bonds. The number of aromatic nitrogens is 2. The summed E-state index contributed by atoms with van der Waals surface area (Å²) in [5, 5.41) is 13.7. The van der Waals surface area contributed by atoms with Crippen molar-refractivity contribution < 1.29 is 18.3 Å². The standard InChI is InChI=1S/C5H5F3N2O/c1-2-3(11)4(10-9-2)5(6,7)8/h11H,1H3,(H,9,10). The van der Waals surface area contributed by atoms with Gasteiger partial charge in [-0.2, -0.15) is 18.3 Å². The van der Waals surface area contributed by atoms with Crippen molar-refractivity contribution in [2.24, 2.45) is 0 Å². The summed E-state index contributed by atoms with van der Waals surface area (Å²) >= 11 is 0. The second-order valence-corrected chi connectivity index (χ2v) is 2.04. The van der Waals surface area contributed by atoms with E-state index in [2.05, 4.69) is 5.10 Å². The molecule has 62 valence electrons. The number of halogens is 3. The highest BCUT2D eigenvalue weighted by Crippen LogP contribution is 2.34. The molecule has 0 aliphatic carbocycles. The minimum atomic E-state index is -4.59. The molecule has 0 aliphatic heterocycles. The second-order valence-electron chi connectivity index (χ2n) is 2.04. The molecule has 0 aromatic carbocycles. The third-order valence-electron chi connectivity index (χ3n) is 1.18. The van der Waals surface area contributed by atoms with Gasteiger partial charge in [-0.25, -0.2) is 0 Å². The zero-order valence-electron chi connectivity index (χ0n) is 5.53. The van der Waals surface area contributed by atoms with Gasteiger partial charge in [-0.1, -0.05) is 0 Å². The maximum atomic E-state index is 11.8. The highest BCUT2D eigenvalue weighted by Gasteiger charge is 2.37. The first-order chi connectivity index (χ1) is 4.93. The van der Waals surface area contributed by atoms with Crippen LogP contribution in [0.3, 0.4) is 0 Å². The van der Waals surface area contributed by atoms with E-state index in [4.69, 9.17) is 5.11 Å². The van der Waals surface area contributed by atoms with Gasteiger partial charge < -0.3 is 5.11 Å². The Hall–Kier alpha value is -1.20. The van der Waals surface area contributed by atoms with E-state index in [1.54, 1.807) is 0 Å². The van der Waals surface area contributed by atoms with E-state index in [9.17, 15) is 13.2 Å². The van der Waals surface area contributed by atoms with Gasteiger partial charge in [0.25, 0.3) is 0 Å². The lowest BCUT2D eigenvalue weighted by molar-refractivity contribution is -0.142. The summed E-state index contributed by atoms with van der Waals surface area (Å²) < 4.78 is 35.5. The monoisotopic (exact) mass is 166 g/mol. The zero-order valence-corrected chi connectivity index (χ0v) is 5.53. The minimum absolute atomic E-state index is 0.0114. The van der Waals surface area contributed by atoms with Gasteiger partial charge in [0.2, 0.25) is 5.69 Å². The number of hydrogen-bond acceptors (Lipinski definition) is 2. The number of nitrogens with zero attached hydrogens (tertiary/aromatic N) is 1. The SMILES string of the molecule is Cc1[nH]nc(C(F)(F)F)c1O. The largest absolute Gasteiger partial charge is 0.504 e. The van der Waals surface area contributed by atoms with Crippen LogP contribution in [0.4, 0.5) is 13.2 Å². The number of aryl methyl sites for hydroxylation is 1. The summed E-state index contributed by atoms with van der Waals surface area (Å²) in [7, 11) is 0. The Labute approximate surface area is 59.8 Å². The summed E-state index contributed by atoms with van der Waals surface area (Å²) in [4.78, 5) is 0. The van der Waals surface area contributed by atoms with Crippen LogP contribution in [0.15, 0.2) is 0 Å². The molecule has 3 nitrogen and oxygen atoms in total. The smallest absolute Gasteiger partial charge is 0.438 e. The van der Waals surface area contributed by atoms with Gasteiger partial charge in [-0.15, -0.1) is 0 Å². The topological polar surface area (TPSA) is 48.9 Å². The molecule has 0 saturated heterocycles. The van der Waals surface area contributed by atoms with Crippen molar-refractivity contribution in [2.75, 3.05) is 0 Å². The highest BCUT2D eigenvalue weighted by molar-refractivity contribution is 5.31. The number of aromatic amines is 1. The number of H-pyrrole nitrogens is 1. The first kappa shape index (κ1) is 7.90. The molecule has 1 aromatic rings. The summed E-state index contributed by atoms with van der Waals surface area (Å²) in [6, 6.07) is 0. The molecule has 0 spiro atoms. The molecule has 0 radical (unpaired) electrons. The third-order valence-corrected chi connectivity index (χ3v) is 1.18. The Morgan fingerprint density at radius 2 is 2.00 bits per heavy atom. The molecule has 11 heavy (non-hydrogen) atoms. The first-order valence-corrected chi connectivity index (χ1v) is 2.74. The minimum Gasteiger partial charge on any atom is -0.504 e. The van der Waals surface area contributed by atoms with E-state index in [1.165, 1.54) is 6.92 Å². The van der Waals surface area contributed by atoms with E-state index < -0.39 is 17.6 Å². The van der Waals surface area contributed by atoms with Gasteiger partial charge in [0.15, 0.2) is 5.75 Å². The molecule has 0 unspecified atom stereocenters. The van der Waals surface area contributed by atoms with Crippen molar-refractivity contribution in [3.05, 3.63) is 11.4 Å². The number of hydrogen-bond donors (Lipinski definition) is 2. The average Bonchev–Trinajstić information content (AvgIpc) is 2.11. The van der Waals surface area contributed by atoms with Crippen LogP contribution in [0.5, 0.6) is 5.75 Å². The Balaban J connectivity index is 3.15. The van der Waals surface area contributed by atoms with Gasteiger partial charge >= 0.3 is 6.18 Å². The van der Waals surface area contributed by atoms with Crippen LogP contribution in [-0.4, -0.2) is 15.3 Å². The number of nitrogens with one attached hydrogen (secondary N) is 1. The molecule has 0 saturated carbocycles. The summed E-state index contributed by atoms with van der Waals surface area (Å²) in [6.07, 6.45) is -4.59. The lowest BCUT2D eigenvalue weighted by atomic mass is 10.3. The average molecular weight is 166 g/mol. The zero-order chi connectivity index (χ0) is 8.65. The van der Waals surface area contributed by atoms with Gasteiger partial charge in [0, 0.05) is 0 Å². The summed E-state index contributed by atoms with van der Waals surface area (Å²) in [6.45, 7) is 1.30. The van der Waals surface area contributed by atoms with Crippen molar-refractivity contribution in [3.8, 4) is 5.75 Å². The van der Waals surface area contributed by atoms with Crippen LogP contribution in [0.25, 0.3) is 0 Å². The van der Waals surface area contributed by atoms with Gasteiger partial charge in [-0.3, -0.25) is 5.10 Å². The van der Waals surface area contributed by atoms with Gasteiger partial charge in [-0.05, 0) is 6.92 Å². The van der Waals surface area contributed by atoms with Crippen molar-refractivity contribution in [1.82, 2.24) is 10.2 Å². The molecule has 2 N–H and O–H groups in total. The molecule has 1 heterocycles. The van der Waals surface area contributed by atoms with Crippen molar-refractivity contribution in [1.29, 1.82) is 0 Å². The van der Waals surface area contributed by atoms with E-state index in [-0.39, 0.29) is 5.69 Å². The van der Waals surface area contributed by atoms with Crippen LogP contribution in [-0.2, 0) is 6.18 Å². The van der Waals surface area contributed by atoms with Crippen LogP contribution < -0.4 is 0 Å². The molecule has 0 fully saturated rings. The highest BCUT2D eigenvalue weighted by atomic mass is 19.4. The lowest BCUT2D eigenvalue weighted by Gasteiger charge is -2.00. The van der Waals surface area contributed by atoms with Crippen LogP contribution in [0.2, 0.25) is 0 Å². The molecular weight excluding hydrogens is 161 g/mol. The van der Waals surface area contributed by atoms with Crippen LogP contribution in [0, 0.1) is 6.92 Å². The second kappa shape index (κ2) is 2.14. The van der Waals surface area contributed by atoms with Crippen LogP contribution in [0.1, 0.15) is 11.4 Å². The molecule has 0 atom stereocenters. The van der Waals surface area contributed by atoms with E-state index in [0.29, 0.717) is 0 Å². The molecule has 1 rings (SSSR count). The predicted octanol–water partition coefficient (Wildman–Crippen LogP) is 1.44. The normalized spacial score (nSPS) is 12.0. The molecule has 1 aromatic heterocycles. The number of alkyl halides is 3. The quantitative estimate of drug-likeness (QED) is 0.612. The molecular formula is C5H5F3N2O. The fraction of sp³-hybridized carbons (Fsp3) is 0.400. The van der Waals surface area contributed by atoms with E-state index >= 15 is 0 Å². The Bertz CT molecular complexity index is 265. The fourth-order valence-corrected chi connectivity index (χ4v) is 0.621. The molecule has 6 heteroatoms. The van der Waals surface area contributed by atoms with Crippen molar-refractivity contribution >= 4 is 0 Å².